The van der Waals surface area contributed by atoms with Crippen LogP contribution in [-0.4, -0.2) is 89.5 Å². The van der Waals surface area contributed by atoms with Gasteiger partial charge < -0.3 is 28.8 Å². The second-order valence-electron chi connectivity index (χ2n) is 17.3. The molecule has 3 amide bonds. The minimum absolute atomic E-state index is 0.217. The Morgan fingerprint density at radius 2 is 1.46 bits per heavy atom. The number of carbonyl (C=O) groups excluding carboxylic acids is 3. The number of nitrogens with zero attached hydrogens (tertiary/aromatic N) is 2. The van der Waals surface area contributed by atoms with Crippen LogP contribution in [-0.2, 0) is 41.3 Å². The second-order valence-corrected chi connectivity index (χ2v) is 17.3. The van der Waals surface area contributed by atoms with E-state index in [-0.39, 0.29) is 6.54 Å². The number of ether oxygens (including phenoxy) is 3. The highest BCUT2D eigenvalue weighted by molar-refractivity contribution is 6.62. The number of hydrogen-bond donors (Lipinski definition) is 2. The first-order chi connectivity index (χ1) is 23.9. The molecule has 2 N–H and O–H groups in total. The SMILES string of the molecule is COC(=O)N[C@H](C(=O)NN(Cc1ccccc1)C[C@@H]1OC(C)(C)N(C(=O)OC(C)(C)C)[C@H]1Cc1ccc(B2OC(C)(C)C(C)(C)O2)cc1)C(C)(C)C. The molecule has 4 rings (SSSR count). The number of amides is 3. The van der Waals surface area contributed by atoms with Crippen LogP contribution in [0.2, 0.25) is 0 Å². The molecule has 0 aromatic heterocycles. The third-order valence-electron chi connectivity index (χ3n) is 9.78. The monoisotopic (exact) mass is 722 g/mol. The Balaban J connectivity index is 1.67. The minimum atomic E-state index is -1.04. The Labute approximate surface area is 310 Å². The maximum Gasteiger partial charge on any atom is 0.494 e. The van der Waals surface area contributed by atoms with Gasteiger partial charge in [0, 0.05) is 13.1 Å². The fourth-order valence-corrected chi connectivity index (χ4v) is 6.39. The average molecular weight is 723 g/mol. The van der Waals surface area contributed by atoms with Gasteiger partial charge in [-0.05, 0) is 90.7 Å². The molecule has 0 radical (unpaired) electrons. The molecule has 3 atom stereocenters. The van der Waals surface area contributed by atoms with Gasteiger partial charge in [-0.3, -0.25) is 15.1 Å². The number of hydrazine groups is 1. The van der Waals surface area contributed by atoms with Crippen LogP contribution in [0.1, 0.15) is 94.2 Å². The second kappa shape index (κ2) is 15.4. The molecule has 2 fully saturated rings. The average Bonchev–Trinajstić information content (AvgIpc) is 3.39. The van der Waals surface area contributed by atoms with Crippen LogP contribution in [0.4, 0.5) is 9.59 Å². The third-order valence-corrected chi connectivity index (χ3v) is 9.78. The molecule has 0 unspecified atom stereocenters. The molecule has 0 aliphatic carbocycles. The van der Waals surface area contributed by atoms with Gasteiger partial charge in [-0.25, -0.2) is 14.6 Å². The first-order valence-electron chi connectivity index (χ1n) is 18.0. The van der Waals surface area contributed by atoms with Crippen LogP contribution in [0.15, 0.2) is 54.6 Å². The van der Waals surface area contributed by atoms with Crippen molar-refractivity contribution in [2.45, 2.75) is 137 Å². The molecule has 13 heteroatoms. The number of carbonyl (C=O) groups is 3. The lowest BCUT2D eigenvalue weighted by Crippen LogP contribution is -2.58. The van der Waals surface area contributed by atoms with E-state index in [1.165, 1.54) is 7.11 Å². The van der Waals surface area contributed by atoms with Crippen LogP contribution in [0.5, 0.6) is 0 Å². The summed E-state index contributed by atoms with van der Waals surface area (Å²) in [5.41, 5.74) is 2.54. The summed E-state index contributed by atoms with van der Waals surface area (Å²) < 4.78 is 30.0. The zero-order valence-electron chi connectivity index (χ0n) is 33.3. The number of alkyl carbamates (subject to hydrolysis) is 1. The molecule has 0 bridgehead atoms. The Morgan fingerprint density at radius 3 is 1.98 bits per heavy atom. The van der Waals surface area contributed by atoms with Crippen molar-refractivity contribution in [3.8, 4) is 0 Å². The van der Waals surface area contributed by atoms with Gasteiger partial charge in [-0.1, -0.05) is 75.4 Å². The number of methoxy groups -OCH3 is 1. The fraction of sp³-hybridized carbons (Fsp3) is 0.615. The largest absolute Gasteiger partial charge is 0.494 e. The Bertz CT molecular complexity index is 1540. The number of hydrogen-bond acceptors (Lipinski definition) is 9. The van der Waals surface area contributed by atoms with Crippen LogP contribution in [0.25, 0.3) is 0 Å². The molecule has 286 valence electrons. The molecule has 12 nitrogen and oxygen atoms in total. The van der Waals surface area contributed by atoms with Crippen molar-refractivity contribution in [1.29, 1.82) is 0 Å². The van der Waals surface area contributed by atoms with Crippen molar-refractivity contribution < 1.29 is 37.9 Å². The molecule has 2 aliphatic heterocycles. The summed E-state index contributed by atoms with van der Waals surface area (Å²) in [4.78, 5) is 41.7. The Morgan fingerprint density at radius 1 is 0.885 bits per heavy atom. The zero-order chi connectivity index (χ0) is 38.9. The molecular weight excluding hydrogens is 663 g/mol. The normalized spacial score (nSPS) is 21.5. The first kappa shape index (κ1) is 41.1. The zero-order valence-corrected chi connectivity index (χ0v) is 33.3. The van der Waals surface area contributed by atoms with Gasteiger partial charge in [-0.15, -0.1) is 0 Å². The molecule has 0 saturated carbocycles. The van der Waals surface area contributed by atoms with Gasteiger partial charge in [0.25, 0.3) is 5.91 Å². The summed E-state index contributed by atoms with van der Waals surface area (Å²) >= 11 is 0. The van der Waals surface area contributed by atoms with Crippen molar-refractivity contribution >= 4 is 30.7 Å². The number of rotatable bonds is 10. The summed E-state index contributed by atoms with van der Waals surface area (Å²) in [7, 11) is 0.759. The highest BCUT2D eigenvalue weighted by Gasteiger charge is 2.53. The smallest absolute Gasteiger partial charge is 0.453 e. The standard InChI is InChI=1S/C39H59BN4O8/c1-35(2,3)31(41-33(46)48-13)32(45)42-43(24-27-17-15-14-16-18-27)25-30-29(44(39(11,12)49-30)34(47)50-36(4,5)6)23-26-19-21-28(22-20-26)40-51-37(7,8)38(9,10)52-40/h14-22,29-31H,23-25H2,1-13H3,(H,41,46)(H,42,45)/t29-,30-,31+/m0/s1. The van der Waals surface area contributed by atoms with E-state index in [2.05, 4.69) is 10.7 Å². The van der Waals surface area contributed by atoms with Crippen LogP contribution < -0.4 is 16.2 Å². The number of nitrogens with one attached hydrogen (secondary N) is 2. The van der Waals surface area contributed by atoms with Crippen molar-refractivity contribution in [1.82, 2.24) is 20.7 Å². The molecule has 2 aromatic rings. The van der Waals surface area contributed by atoms with Gasteiger partial charge in [0.2, 0.25) is 0 Å². The first-order valence-corrected chi connectivity index (χ1v) is 18.0. The van der Waals surface area contributed by atoms with Crippen molar-refractivity contribution in [3.63, 3.8) is 0 Å². The van der Waals surface area contributed by atoms with Crippen LogP contribution >= 0.6 is 0 Å². The van der Waals surface area contributed by atoms with Crippen molar-refractivity contribution in [3.05, 3.63) is 65.7 Å². The summed E-state index contributed by atoms with van der Waals surface area (Å²) in [5, 5.41) is 4.46. The van der Waals surface area contributed by atoms with Gasteiger partial charge in [0.05, 0.1) is 30.5 Å². The van der Waals surface area contributed by atoms with Gasteiger partial charge >= 0.3 is 19.3 Å². The lowest BCUT2D eigenvalue weighted by molar-refractivity contribution is -0.132. The van der Waals surface area contributed by atoms with Gasteiger partial charge in [-0.2, -0.15) is 0 Å². The van der Waals surface area contributed by atoms with E-state index in [9.17, 15) is 14.4 Å². The van der Waals surface area contributed by atoms with E-state index in [0.717, 1.165) is 16.6 Å². The van der Waals surface area contributed by atoms with Crippen LogP contribution in [0, 0.1) is 5.41 Å². The molecule has 2 aliphatic rings. The lowest BCUT2D eigenvalue weighted by Gasteiger charge is -2.35. The van der Waals surface area contributed by atoms with Gasteiger partial charge in [0.15, 0.2) is 0 Å². The summed E-state index contributed by atoms with van der Waals surface area (Å²) in [6.45, 7) is 23.4. The van der Waals surface area contributed by atoms with E-state index in [1.54, 1.807) is 9.91 Å². The Kier molecular flexibility index (Phi) is 12.2. The molecule has 2 aromatic carbocycles. The highest BCUT2D eigenvalue weighted by Crippen LogP contribution is 2.38. The predicted octanol–water partition coefficient (Wildman–Crippen LogP) is 5.57. The van der Waals surface area contributed by atoms with Crippen molar-refractivity contribution in [2.24, 2.45) is 5.41 Å². The molecular formula is C39H59BN4O8. The summed E-state index contributed by atoms with van der Waals surface area (Å²) in [6, 6.07) is 16.4. The maximum absolute atomic E-state index is 13.9. The summed E-state index contributed by atoms with van der Waals surface area (Å²) in [5.74, 6) is -0.412. The predicted molar refractivity (Wildman–Crippen MR) is 200 cm³/mol. The third kappa shape index (κ3) is 10.1. The van der Waals surface area contributed by atoms with E-state index in [1.807, 2.05) is 138 Å². The molecule has 52 heavy (non-hydrogen) atoms. The van der Waals surface area contributed by atoms with E-state index >= 15 is 0 Å². The summed E-state index contributed by atoms with van der Waals surface area (Å²) in [6.07, 6.45) is -1.31. The van der Waals surface area contributed by atoms with Crippen molar-refractivity contribution in [2.75, 3.05) is 13.7 Å². The highest BCUT2D eigenvalue weighted by atomic mass is 16.7. The molecule has 2 heterocycles. The maximum atomic E-state index is 13.9. The van der Waals surface area contributed by atoms with Gasteiger partial charge in [0.1, 0.15) is 17.4 Å². The minimum Gasteiger partial charge on any atom is -0.453 e. The molecule has 0 spiro atoms. The fourth-order valence-electron chi connectivity index (χ4n) is 6.39. The van der Waals surface area contributed by atoms with E-state index in [0.29, 0.717) is 13.0 Å². The quantitative estimate of drug-likeness (QED) is 0.239. The number of benzene rings is 2. The van der Waals surface area contributed by atoms with Crippen LogP contribution in [0.3, 0.4) is 0 Å². The lowest BCUT2D eigenvalue weighted by atomic mass is 9.78. The Hall–Kier alpha value is -3.65. The van der Waals surface area contributed by atoms with E-state index < -0.39 is 71.3 Å². The molecule has 2 saturated heterocycles. The topological polar surface area (TPSA) is 128 Å². The van der Waals surface area contributed by atoms with E-state index in [4.69, 9.17) is 23.5 Å².